The normalized spacial score (nSPS) is 15.7. The Kier molecular flexibility index (Phi) is 33.6. The van der Waals surface area contributed by atoms with Crippen molar-refractivity contribution in [3.8, 4) is 0 Å². The second kappa shape index (κ2) is 37.3. The highest BCUT2D eigenvalue weighted by atomic mass is 16.3. The van der Waals surface area contributed by atoms with Crippen LogP contribution in [-0.4, -0.2) is 221 Å². The lowest BCUT2D eigenvalue weighted by Crippen LogP contribution is -2.63. The van der Waals surface area contributed by atoms with Crippen LogP contribution in [0.2, 0.25) is 0 Å². The summed E-state index contributed by atoms with van der Waals surface area (Å²) < 4.78 is 0. The molecule has 1 aromatic rings. The fraction of sp³-hybridized carbons (Fsp3) is 0.712. The van der Waals surface area contributed by atoms with E-state index in [4.69, 9.17) is 5.73 Å². The van der Waals surface area contributed by atoms with Crippen LogP contribution in [0.5, 0.6) is 0 Å². The molecule has 0 aliphatic heterocycles. The van der Waals surface area contributed by atoms with Gasteiger partial charge in [0.05, 0.1) is 12.6 Å². The van der Waals surface area contributed by atoms with Crippen LogP contribution in [0.3, 0.4) is 0 Å². The van der Waals surface area contributed by atoms with E-state index >= 15 is 14.4 Å². The third-order valence-corrected chi connectivity index (χ3v) is 16.9. The molecule has 504 valence electrons. The first-order chi connectivity index (χ1) is 41.2. The highest BCUT2D eigenvalue weighted by Crippen LogP contribution is 2.25. The summed E-state index contributed by atoms with van der Waals surface area (Å²) in [6, 6.07) is -1.60. The summed E-state index contributed by atoms with van der Waals surface area (Å²) in [5.74, 6) is -8.68. The molecular formula is C66H113N11O12. The van der Waals surface area contributed by atoms with Gasteiger partial charge in [-0.05, 0) is 93.9 Å². The van der Waals surface area contributed by atoms with E-state index < -0.39 is 138 Å². The van der Waals surface area contributed by atoms with Crippen molar-refractivity contribution >= 4 is 65.0 Å². The first kappa shape index (κ1) is 80.1. The summed E-state index contributed by atoms with van der Waals surface area (Å²) in [6.45, 7) is 28.1. The minimum Gasteiger partial charge on any atom is -0.390 e. The molecule has 0 heterocycles. The molecule has 0 radical (unpaired) electrons. The van der Waals surface area contributed by atoms with Gasteiger partial charge in [-0.25, -0.2) is 0 Å². The van der Waals surface area contributed by atoms with Gasteiger partial charge in [0.15, 0.2) is 0 Å². The van der Waals surface area contributed by atoms with Crippen molar-refractivity contribution in [1.29, 1.82) is 0 Å². The number of likely N-dealkylation sites (N-methyl/N-ethyl adjacent to an activating group) is 7. The molecule has 11 amide bonds. The first-order valence-electron chi connectivity index (χ1n) is 31.6. The van der Waals surface area contributed by atoms with Gasteiger partial charge in [0.1, 0.15) is 54.4 Å². The predicted molar refractivity (Wildman–Crippen MR) is 346 cm³/mol. The van der Waals surface area contributed by atoms with Crippen molar-refractivity contribution in [3.05, 3.63) is 48.0 Å². The van der Waals surface area contributed by atoms with Crippen LogP contribution in [-0.2, 0) is 59.2 Å². The number of benzene rings is 1. The second-order valence-corrected chi connectivity index (χ2v) is 26.3. The monoisotopic (exact) mass is 1250 g/mol. The maximum absolute atomic E-state index is 15.2. The van der Waals surface area contributed by atoms with E-state index in [0.29, 0.717) is 6.42 Å². The molecule has 1 unspecified atom stereocenters. The quantitative estimate of drug-likeness (QED) is 0.0594. The van der Waals surface area contributed by atoms with Crippen molar-refractivity contribution in [2.45, 2.75) is 210 Å². The number of amides is 11. The molecule has 0 saturated heterocycles. The van der Waals surface area contributed by atoms with Gasteiger partial charge in [0, 0.05) is 61.7 Å². The number of hydrogen-bond donors (Lipinski definition) is 5. The minimum atomic E-state index is -1.61. The number of nitrogens with one attached hydrogen (secondary N) is 3. The number of aliphatic hydroxyl groups is 1. The average Bonchev–Trinajstić information content (AvgIpc) is 0.966. The topological polar surface area (TPSA) is 293 Å². The Morgan fingerprint density at radius 1 is 0.517 bits per heavy atom. The zero-order valence-corrected chi connectivity index (χ0v) is 58.0. The van der Waals surface area contributed by atoms with Crippen LogP contribution in [0.25, 0.3) is 0 Å². The van der Waals surface area contributed by atoms with Gasteiger partial charge in [-0.15, -0.1) is 0 Å². The molecule has 23 nitrogen and oxygen atoms in total. The lowest BCUT2D eigenvalue weighted by molar-refractivity contribution is -0.157. The number of aliphatic hydroxyl groups excluding tert-OH is 1. The van der Waals surface area contributed by atoms with E-state index in [1.807, 2.05) is 61.5 Å². The summed E-state index contributed by atoms with van der Waals surface area (Å²) >= 11 is 0. The van der Waals surface area contributed by atoms with Gasteiger partial charge in [-0.2, -0.15) is 0 Å². The van der Waals surface area contributed by atoms with Gasteiger partial charge in [-0.1, -0.05) is 132 Å². The Morgan fingerprint density at radius 3 is 1.46 bits per heavy atom. The lowest BCUT2D eigenvalue weighted by atomic mass is 9.91. The van der Waals surface area contributed by atoms with Crippen LogP contribution in [0.1, 0.15) is 148 Å². The van der Waals surface area contributed by atoms with E-state index in [2.05, 4.69) is 16.0 Å². The SMILES string of the molecule is C/C=C/C[C@H](C)[C@H](O)C(C(=O)N[C@H](CC)C(=O)N(C)CC(=O)N(C)[C@@H](Cc1ccccc1)C(N)=O)N(C)C(=O)[C@@H](C(C)C)N(C)C(=O)[C@@H](CC(C)C)N(C)C(=O)[C@@H](CC(C)C)N(C)C(=O)[C@H](C)NC(=O)[C@@H](CC(C)C)NC(=O)[C@H](C)N(C)C(=O)[C@@H](C)C(C)C. The molecule has 0 saturated carbocycles. The van der Waals surface area contributed by atoms with E-state index in [1.165, 1.54) is 73.7 Å². The van der Waals surface area contributed by atoms with Gasteiger partial charge in [0.25, 0.3) is 0 Å². The highest BCUT2D eigenvalue weighted by molar-refractivity contribution is 5.99. The molecule has 1 rings (SSSR count). The summed E-state index contributed by atoms with van der Waals surface area (Å²) in [7, 11) is 10.0. The maximum Gasteiger partial charge on any atom is 0.246 e. The predicted octanol–water partition coefficient (Wildman–Crippen LogP) is 4.09. The number of carbonyl (C=O) groups is 11. The van der Waals surface area contributed by atoms with Crippen molar-refractivity contribution in [2.75, 3.05) is 55.9 Å². The molecular weight excluding hydrogens is 1140 g/mol. The molecule has 0 fully saturated rings. The molecule has 12 atom stereocenters. The van der Waals surface area contributed by atoms with Crippen LogP contribution < -0.4 is 21.7 Å². The fourth-order valence-corrected chi connectivity index (χ4v) is 10.6. The van der Waals surface area contributed by atoms with Crippen molar-refractivity contribution in [2.24, 2.45) is 47.2 Å². The van der Waals surface area contributed by atoms with Gasteiger partial charge in [-0.3, -0.25) is 52.7 Å². The summed E-state index contributed by atoms with van der Waals surface area (Å²) in [4.78, 5) is 164. The third kappa shape index (κ3) is 23.4. The maximum atomic E-state index is 15.2. The van der Waals surface area contributed by atoms with Gasteiger partial charge in [0.2, 0.25) is 65.0 Å². The van der Waals surface area contributed by atoms with Crippen molar-refractivity contribution < 1.29 is 57.8 Å². The number of rotatable bonds is 36. The molecule has 23 heteroatoms. The Labute approximate surface area is 532 Å². The number of nitrogens with zero attached hydrogens (tertiary/aromatic N) is 7. The summed E-state index contributed by atoms with van der Waals surface area (Å²) in [6.07, 6.45) is 3.09. The van der Waals surface area contributed by atoms with Crippen LogP contribution in [0, 0.1) is 41.4 Å². The Bertz CT molecular complexity index is 2560. The van der Waals surface area contributed by atoms with Crippen LogP contribution in [0.15, 0.2) is 42.5 Å². The summed E-state index contributed by atoms with van der Waals surface area (Å²) in [5, 5.41) is 20.3. The standard InChI is InChI=1S/C66H113N11O12/c1-24-26-30-43(13)56(79)55(60(83)69-48(25-2)63(86)71(17)37-53(78)73(19)50(57(67)80)36-47-31-28-27-29-32-47)77(23)66(89)54(42(11)12)76(22)65(88)52(35-40(7)8)75(21)64(87)51(34-39(5)6)74(20)62(85)45(15)68-59(82)49(33-38(3)4)70-58(81)46(16)72(18)61(84)44(14)41(9)10/h24,26-29,31-32,38-46,48-52,54-56,79H,25,30,33-37H2,1-23H3,(H2,67,80)(H,68,82)(H,69,83)(H,70,81)/b26-24+/t43-,44-,45-,46-,48+,49+,50-,51+,52+,54+,55?,56-/m0/s1. The minimum absolute atomic E-state index is 0.0384. The highest BCUT2D eigenvalue weighted by Gasteiger charge is 2.45. The number of nitrogens with two attached hydrogens (primary N) is 1. The van der Waals surface area contributed by atoms with E-state index in [1.54, 1.807) is 91.9 Å². The number of primary amides is 1. The first-order valence-corrected chi connectivity index (χ1v) is 31.6. The largest absolute Gasteiger partial charge is 0.390 e. The lowest BCUT2D eigenvalue weighted by Gasteiger charge is -2.41. The average molecular weight is 1250 g/mol. The molecule has 0 aromatic heterocycles. The second-order valence-electron chi connectivity index (χ2n) is 26.3. The smallest absolute Gasteiger partial charge is 0.246 e. The van der Waals surface area contributed by atoms with Crippen LogP contribution in [0.4, 0.5) is 0 Å². The molecule has 0 aliphatic rings. The van der Waals surface area contributed by atoms with Crippen LogP contribution >= 0.6 is 0 Å². The van der Waals surface area contributed by atoms with Crippen molar-refractivity contribution in [1.82, 2.24) is 50.2 Å². The Hall–Kier alpha value is -6.91. The molecule has 6 N–H and O–H groups in total. The van der Waals surface area contributed by atoms with E-state index in [0.717, 1.165) is 15.4 Å². The number of hydrogen-bond acceptors (Lipinski definition) is 12. The zero-order valence-electron chi connectivity index (χ0n) is 58.0. The molecule has 0 spiro atoms. The van der Waals surface area contributed by atoms with Gasteiger partial charge < -0.3 is 61.1 Å². The third-order valence-electron chi connectivity index (χ3n) is 16.9. The fourth-order valence-electron chi connectivity index (χ4n) is 10.6. The molecule has 0 bridgehead atoms. The van der Waals surface area contributed by atoms with Gasteiger partial charge >= 0.3 is 0 Å². The zero-order chi connectivity index (χ0) is 68.8. The number of allylic oxidation sites excluding steroid dienone is 2. The molecule has 1 aromatic carbocycles. The number of carbonyl (C=O) groups excluding carboxylic acids is 11. The van der Waals surface area contributed by atoms with E-state index in [9.17, 15) is 43.5 Å². The molecule has 0 aliphatic carbocycles. The Balaban J connectivity index is 3.66. The Morgan fingerprint density at radius 2 is 1.00 bits per heavy atom. The van der Waals surface area contributed by atoms with E-state index in [-0.39, 0.29) is 67.6 Å². The molecule has 89 heavy (non-hydrogen) atoms. The summed E-state index contributed by atoms with van der Waals surface area (Å²) in [5.41, 5.74) is 6.50. The van der Waals surface area contributed by atoms with Crippen molar-refractivity contribution in [3.63, 3.8) is 0 Å².